The molecule has 0 saturated carbocycles. The van der Waals surface area contributed by atoms with Crippen molar-refractivity contribution in [1.82, 2.24) is 0 Å². The van der Waals surface area contributed by atoms with Gasteiger partial charge in [-0.15, -0.1) is 0 Å². The minimum atomic E-state index is -0.151. The van der Waals surface area contributed by atoms with Crippen LogP contribution in [0.5, 0.6) is 11.5 Å². The van der Waals surface area contributed by atoms with Gasteiger partial charge in [0, 0.05) is 5.41 Å². The Morgan fingerprint density at radius 2 is 0.895 bits per heavy atom. The second kappa shape index (κ2) is 6.28. The first kappa shape index (κ1) is 15.1. The van der Waals surface area contributed by atoms with E-state index in [0.717, 1.165) is 11.1 Å². The van der Waals surface area contributed by atoms with Crippen LogP contribution in [0.2, 0.25) is 0 Å². The molecule has 0 aliphatic heterocycles. The molecule has 0 saturated heterocycles. The number of aromatic hydroxyl groups is 2. The van der Waals surface area contributed by atoms with E-state index in [-0.39, 0.29) is 16.9 Å². The van der Waals surface area contributed by atoms with Gasteiger partial charge in [-0.2, -0.15) is 0 Å². The van der Waals surface area contributed by atoms with Gasteiger partial charge in [-0.3, -0.25) is 0 Å². The van der Waals surface area contributed by atoms with Crippen LogP contribution in [-0.2, 0) is 5.41 Å². The largest absolute Gasteiger partial charge is 0.508 e. The molecule has 0 atom stereocenters. The number of phenolic OH excluding ortho intramolecular Hbond substituents is 2. The van der Waals surface area contributed by atoms with Gasteiger partial charge in [-0.05, 0) is 35.4 Å². The van der Waals surface area contributed by atoms with E-state index in [9.17, 15) is 10.2 Å². The Morgan fingerprint density at radius 1 is 0.632 bits per heavy atom. The molecule has 0 amide bonds. The highest BCUT2D eigenvalue weighted by Gasteiger charge is 2.22. The van der Waals surface area contributed by atoms with Gasteiger partial charge in [-0.1, -0.05) is 52.0 Å². The molecule has 0 fully saturated rings. The fraction of sp³-hybridized carbons (Fsp3) is 0.294. The lowest BCUT2D eigenvalue weighted by molar-refractivity contribution is 0.474. The molecule has 19 heavy (non-hydrogen) atoms. The lowest BCUT2D eigenvalue weighted by Crippen LogP contribution is -2.18. The van der Waals surface area contributed by atoms with Crippen LogP contribution in [0, 0.1) is 0 Å². The molecule has 2 aromatic carbocycles. The third-order valence-corrected chi connectivity index (χ3v) is 3.18. The van der Waals surface area contributed by atoms with Crippen molar-refractivity contribution in [3.63, 3.8) is 0 Å². The number of phenols is 2. The van der Waals surface area contributed by atoms with E-state index in [1.165, 1.54) is 0 Å². The van der Waals surface area contributed by atoms with Crippen LogP contribution in [0.15, 0.2) is 48.5 Å². The normalized spacial score (nSPS) is 10.5. The summed E-state index contributed by atoms with van der Waals surface area (Å²) in [6, 6.07) is 14.4. The van der Waals surface area contributed by atoms with Crippen LogP contribution in [-0.4, -0.2) is 10.2 Å². The standard InChI is InChI=1S/C15H16O2.C2H6/c1-15(2,11-3-7-13(16)8-4-11)12-5-9-14(17)10-6-12;1-2/h3-10,16-17H,1-2H3;1-2H3. The highest BCUT2D eigenvalue weighted by atomic mass is 16.3. The molecule has 0 unspecified atom stereocenters. The second-order valence-electron chi connectivity index (χ2n) is 4.72. The fourth-order valence-corrected chi connectivity index (χ4v) is 1.92. The molecule has 0 radical (unpaired) electrons. The van der Waals surface area contributed by atoms with Crippen LogP contribution < -0.4 is 0 Å². The molecular weight excluding hydrogens is 236 g/mol. The van der Waals surface area contributed by atoms with Gasteiger partial charge in [0.15, 0.2) is 0 Å². The molecule has 0 aliphatic rings. The zero-order chi connectivity index (χ0) is 14.5. The van der Waals surface area contributed by atoms with Crippen molar-refractivity contribution in [1.29, 1.82) is 0 Å². The molecule has 2 aromatic rings. The Bertz CT molecular complexity index is 448. The van der Waals surface area contributed by atoms with Crippen molar-refractivity contribution < 1.29 is 10.2 Å². The maximum atomic E-state index is 9.30. The Hall–Kier alpha value is -1.96. The van der Waals surface area contributed by atoms with E-state index in [1.807, 2.05) is 38.1 Å². The zero-order valence-electron chi connectivity index (χ0n) is 12.0. The Balaban J connectivity index is 0.000000861. The lowest BCUT2D eigenvalue weighted by Gasteiger charge is -2.26. The predicted molar refractivity (Wildman–Crippen MR) is 79.7 cm³/mol. The van der Waals surface area contributed by atoms with E-state index >= 15 is 0 Å². The van der Waals surface area contributed by atoms with Crippen LogP contribution >= 0.6 is 0 Å². The van der Waals surface area contributed by atoms with Crippen LogP contribution in [0.3, 0.4) is 0 Å². The number of hydrogen-bond acceptors (Lipinski definition) is 2. The van der Waals surface area contributed by atoms with Crippen molar-refractivity contribution in [2.75, 3.05) is 0 Å². The van der Waals surface area contributed by atoms with E-state index in [4.69, 9.17) is 0 Å². The van der Waals surface area contributed by atoms with Crippen LogP contribution in [0.25, 0.3) is 0 Å². The average molecular weight is 258 g/mol. The summed E-state index contributed by atoms with van der Waals surface area (Å²) in [6.07, 6.45) is 0. The molecular formula is C17H22O2. The quantitative estimate of drug-likeness (QED) is 0.835. The minimum Gasteiger partial charge on any atom is -0.508 e. The molecule has 102 valence electrons. The first-order chi connectivity index (χ1) is 9.00. The summed E-state index contributed by atoms with van der Waals surface area (Å²) < 4.78 is 0. The monoisotopic (exact) mass is 258 g/mol. The molecule has 2 N–H and O–H groups in total. The molecule has 0 aromatic heterocycles. The van der Waals surface area contributed by atoms with Gasteiger partial charge < -0.3 is 10.2 Å². The predicted octanol–water partition coefficient (Wildman–Crippen LogP) is 4.45. The van der Waals surface area contributed by atoms with Crippen molar-refractivity contribution in [2.45, 2.75) is 33.1 Å². The van der Waals surface area contributed by atoms with Gasteiger partial charge in [0.05, 0.1) is 0 Å². The number of benzene rings is 2. The Kier molecular flexibility index (Phi) is 4.99. The highest BCUT2D eigenvalue weighted by Crippen LogP contribution is 2.32. The second-order valence-corrected chi connectivity index (χ2v) is 4.72. The maximum Gasteiger partial charge on any atom is 0.115 e. The summed E-state index contributed by atoms with van der Waals surface area (Å²) in [5.41, 5.74) is 2.10. The maximum absolute atomic E-state index is 9.30. The SMILES string of the molecule is CC.CC(C)(c1ccc(O)cc1)c1ccc(O)cc1. The molecule has 0 heterocycles. The van der Waals surface area contributed by atoms with Crippen molar-refractivity contribution in [2.24, 2.45) is 0 Å². The highest BCUT2D eigenvalue weighted by molar-refractivity contribution is 5.41. The molecule has 2 nitrogen and oxygen atoms in total. The zero-order valence-corrected chi connectivity index (χ0v) is 12.0. The number of rotatable bonds is 2. The van der Waals surface area contributed by atoms with Crippen molar-refractivity contribution >= 4 is 0 Å². The van der Waals surface area contributed by atoms with E-state index in [1.54, 1.807) is 24.3 Å². The molecule has 0 aliphatic carbocycles. The van der Waals surface area contributed by atoms with Gasteiger partial charge in [-0.25, -0.2) is 0 Å². The summed E-state index contributed by atoms with van der Waals surface area (Å²) in [7, 11) is 0. The van der Waals surface area contributed by atoms with Crippen LogP contribution in [0.4, 0.5) is 0 Å². The van der Waals surface area contributed by atoms with Crippen molar-refractivity contribution in [3.8, 4) is 11.5 Å². The molecule has 2 rings (SSSR count). The smallest absolute Gasteiger partial charge is 0.115 e. The third-order valence-electron chi connectivity index (χ3n) is 3.18. The number of hydrogen-bond donors (Lipinski definition) is 2. The molecule has 2 heteroatoms. The summed E-state index contributed by atoms with van der Waals surface area (Å²) in [5.74, 6) is 0.547. The summed E-state index contributed by atoms with van der Waals surface area (Å²) in [4.78, 5) is 0. The topological polar surface area (TPSA) is 40.5 Å². The van der Waals surface area contributed by atoms with E-state index < -0.39 is 0 Å². The first-order valence-electron chi connectivity index (χ1n) is 6.59. The third kappa shape index (κ3) is 3.50. The Labute approximate surface area is 115 Å². The summed E-state index contributed by atoms with van der Waals surface area (Å²) >= 11 is 0. The van der Waals surface area contributed by atoms with Crippen molar-refractivity contribution in [3.05, 3.63) is 59.7 Å². The van der Waals surface area contributed by atoms with Gasteiger partial charge in [0.1, 0.15) is 11.5 Å². The lowest BCUT2D eigenvalue weighted by atomic mass is 9.78. The molecule has 0 spiro atoms. The van der Waals surface area contributed by atoms with E-state index in [2.05, 4.69) is 13.8 Å². The summed E-state index contributed by atoms with van der Waals surface area (Å²) in [5, 5.41) is 18.6. The van der Waals surface area contributed by atoms with E-state index in [0.29, 0.717) is 0 Å². The minimum absolute atomic E-state index is 0.151. The fourth-order valence-electron chi connectivity index (χ4n) is 1.92. The Morgan fingerprint density at radius 3 is 1.16 bits per heavy atom. The van der Waals surface area contributed by atoms with Gasteiger partial charge in [0.2, 0.25) is 0 Å². The van der Waals surface area contributed by atoms with Crippen LogP contribution in [0.1, 0.15) is 38.8 Å². The summed E-state index contributed by atoms with van der Waals surface area (Å²) in [6.45, 7) is 8.23. The van der Waals surface area contributed by atoms with Gasteiger partial charge >= 0.3 is 0 Å². The molecule has 0 bridgehead atoms. The average Bonchev–Trinajstić information content (AvgIpc) is 2.42. The van der Waals surface area contributed by atoms with Gasteiger partial charge in [0.25, 0.3) is 0 Å². The first-order valence-corrected chi connectivity index (χ1v) is 6.59.